The molecule has 0 aliphatic carbocycles. The van der Waals surface area contributed by atoms with Gasteiger partial charge in [0, 0.05) is 5.41 Å². The minimum Gasteiger partial charge on any atom is -0.380 e. The molecular weight excluding hydrogens is 212 g/mol. The van der Waals surface area contributed by atoms with Crippen LogP contribution in [-0.2, 0) is 5.41 Å². The van der Waals surface area contributed by atoms with Gasteiger partial charge in [-0.1, -0.05) is 56.3 Å². The first-order valence-corrected chi connectivity index (χ1v) is 5.87. The molecule has 1 heterocycles. The molecule has 17 heavy (non-hydrogen) atoms. The number of anilines is 1. The highest BCUT2D eigenvalue weighted by molar-refractivity contribution is 5.76. The fourth-order valence-electron chi connectivity index (χ4n) is 1.81. The van der Waals surface area contributed by atoms with E-state index in [1.165, 1.54) is 0 Å². The topological polar surface area (TPSA) is 52.0 Å². The Hall–Kier alpha value is -1.77. The van der Waals surface area contributed by atoms with E-state index < -0.39 is 0 Å². The van der Waals surface area contributed by atoms with Crippen LogP contribution in [0.25, 0.3) is 11.1 Å². The van der Waals surface area contributed by atoms with E-state index >= 15 is 0 Å². The summed E-state index contributed by atoms with van der Waals surface area (Å²) >= 11 is 0. The quantitative estimate of drug-likeness (QED) is 0.876. The Morgan fingerprint density at radius 1 is 1.24 bits per heavy atom. The SMILES string of the molecule is CCC(C)(C)c1onc(N)c1-c1ccccc1. The first-order valence-electron chi connectivity index (χ1n) is 5.87. The van der Waals surface area contributed by atoms with E-state index in [4.69, 9.17) is 10.3 Å². The molecule has 0 bridgehead atoms. The maximum Gasteiger partial charge on any atom is 0.175 e. The number of benzene rings is 1. The summed E-state index contributed by atoms with van der Waals surface area (Å²) in [6.07, 6.45) is 0.974. The van der Waals surface area contributed by atoms with Crippen molar-refractivity contribution in [3.63, 3.8) is 0 Å². The minimum absolute atomic E-state index is 0.0597. The number of hydrogen-bond donors (Lipinski definition) is 1. The first-order chi connectivity index (χ1) is 8.06. The summed E-state index contributed by atoms with van der Waals surface area (Å²) in [7, 11) is 0. The molecule has 1 aromatic heterocycles. The normalized spacial score (nSPS) is 11.7. The number of nitrogens with two attached hydrogens (primary N) is 1. The van der Waals surface area contributed by atoms with E-state index in [9.17, 15) is 0 Å². The van der Waals surface area contributed by atoms with Crippen LogP contribution < -0.4 is 5.73 Å². The molecule has 2 rings (SSSR count). The van der Waals surface area contributed by atoms with Crippen molar-refractivity contribution < 1.29 is 4.52 Å². The molecule has 0 spiro atoms. The second-order valence-corrected chi connectivity index (χ2v) is 4.88. The Morgan fingerprint density at radius 2 is 1.88 bits per heavy atom. The number of nitrogens with zero attached hydrogens (tertiary/aromatic N) is 1. The highest BCUT2D eigenvalue weighted by Gasteiger charge is 2.29. The monoisotopic (exact) mass is 230 g/mol. The highest BCUT2D eigenvalue weighted by Crippen LogP contribution is 2.38. The molecule has 0 saturated carbocycles. The second kappa shape index (κ2) is 4.24. The van der Waals surface area contributed by atoms with Gasteiger partial charge in [0.2, 0.25) is 0 Å². The van der Waals surface area contributed by atoms with E-state index in [2.05, 4.69) is 25.9 Å². The van der Waals surface area contributed by atoms with Crippen molar-refractivity contribution in [2.45, 2.75) is 32.6 Å². The van der Waals surface area contributed by atoms with Crippen LogP contribution in [0.2, 0.25) is 0 Å². The lowest BCUT2D eigenvalue weighted by atomic mass is 9.83. The molecule has 0 aliphatic heterocycles. The molecule has 3 heteroatoms. The molecule has 0 radical (unpaired) electrons. The van der Waals surface area contributed by atoms with Crippen LogP contribution in [-0.4, -0.2) is 5.16 Å². The summed E-state index contributed by atoms with van der Waals surface area (Å²) in [4.78, 5) is 0. The van der Waals surface area contributed by atoms with Gasteiger partial charge in [-0.15, -0.1) is 0 Å². The van der Waals surface area contributed by atoms with Gasteiger partial charge in [0.25, 0.3) is 0 Å². The zero-order chi connectivity index (χ0) is 12.5. The summed E-state index contributed by atoms with van der Waals surface area (Å²) < 4.78 is 5.43. The Bertz CT molecular complexity index is 500. The van der Waals surface area contributed by atoms with Crippen LogP contribution in [0.15, 0.2) is 34.9 Å². The van der Waals surface area contributed by atoms with E-state index in [0.717, 1.165) is 23.3 Å². The van der Waals surface area contributed by atoms with Crippen molar-refractivity contribution in [2.24, 2.45) is 0 Å². The third-order valence-corrected chi connectivity index (χ3v) is 3.28. The predicted octanol–water partition coefficient (Wildman–Crippen LogP) is 3.61. The Labute approximate surface area is 102 Å². The van der Waals surface area contributed by atoms with E-state index in [1.54, 1.807) is 0 Å². The van der Waals surface area contributed by atoms with Gasteiger partial charge in [-0.2, -0.15) is 0 Å². The molecule has 90 valence electrons. The van der Waals surface area contributed by atoms with Gasteiger partial charge in [-0.3, -0.25) is 0 Å². The van der Waals surface area contributed by atoms with Gasteiger partial charge in [0.1, 0.15) is 0 Å². The van der Waals surface area contributed by atoms with Crippen LogP contribution in [0.5, 0.6) is 0 Å². The molecule has 0 atom stereocenters. The zero-order valence-corrected chi connectivity index (χ0v) is 10.5. The molecule has 0 amide bonds. The lowest BCUT2D eigenvalue weighted by Gasteiger charge is -2.20. The van der Waals surface area contributed by atoms with Gasteiger partial charge < -0.3 is 10.3 Å². The van der Waals surface area contributed by atoms with E-state index in [0.29, 0.717) is 5.82 Å². The molecule has 3 nitrogen and oxygen atoms in total. The Kier molecular flexibility index (Phi) is 2.92. The van der Waals surface area contributed by atoms with Crippen LogP contribution in [0.3, 0.4) is 0 Å². The number of hydrogen-bond acceptors (Lipinski definition) is 3. The Balaban J connectivity index is 2.59. The smallest absolute Gasteiger partial charge is 0.175 e. The van der Waals surface area contributed by atoms with Gasteiger partial charge >= 0.3 is 0 Å². The predicted molar refractivity (Wildman–Crippen MR) is 69.7 cm³/mol. The highest BCUT2D eigenvalue weighted by atomic mass is 16.5. The van der Waals surface area contributed by atoms with Crippen LogP contribution in [0, 0.1) is 0 Å². The van der Waals surface area contributed by atoms with E-state index in [1.807, 2.05) is 30.3 Å². The summed E-state index contributed by atoms with van der Waals surface area (Å²) in [6.45, 7) is 6.41. The molecule has 0 aliphatic rings. The number of aromatic nitrogens is 1. The van der Waals surface area contributed by atoms with Crippen LogP contribution >= 0.6 is 0 Å². The average Bonchev–Trinajstić information content (AvgIpc) is 2.73. The molecule has 2 aromatic rings. The van der Waals surface area contributed by atoms with Crippen LogP contribution in [0.1, 0.15) is 33.0 Å². The van der Waals surface area contributed by atoms with Gasteiger partial charge in [0.15, 0.2) is 11.6 Å². The molecule has 2 N–H and O–H groups in total. The zero-order valence-electron chi connectivity index (χ0n) is 10.5. The maximum atomic E-state index is 5.92. The van der Waals surface area contributed by atoms with Gasteiger partial charge in [-0.25, -0.2) is 0 Å². The van der Waals surface area contributed by atoms with Crippen molar-refractivity contribution in [1.82, 2.24) is 5.16 Å². The lowest BCUT2D eigenvalue weighted by molar-refractivity contribution is 0.313. The summed E-state index contributed by atoms with van der Waals surface area (Å²) in [5, 5.41) is 3.91. The molecule has 0 fully saturated rings. The van der Waals surface area contributed by atoms with Crippen molar-refractivity contribution in [1.29, 1.82) is 0 Å². The van der Waals surface area contributed by atoms with Crippen molar-refractivity contribution in [3.05, 3.63) is 36.1 Å². The molecule has 0 saturated heterocycles. The standard InChI is InChI=1S/C14H18N2O/c1-4-14(2,3)12-11(13(15)16-17-12)10-8-6-5-7-9-10/h5-9H,4H2,1-3H3,(H2,15,16). The van der Waals surface area contributed by atoms with Gasteiger partial charge in [0.05, 0.1) is 5.56 Å². The third-order valence-electron chi connectivity index (χ3n) is 3.28. The second-order valence-electron chi connectivity index (χ2n) is 4.88. The number of nitrogen functional groups attached to an aromatic ring is 1. The largest absolute Gasteiger partial charge is 0.380 e. The van der Waals surface area contributed by atoms with Gasteiger partial charge in [-0.05, 0) is 12.0 Å². The van der Waals surface area contributed by atoms with Crippen molar-refractivity contribution in [2.75, 3.05) is 5.73 Å². The van der Waals surface area contributed by atoms with E-state index in [-0.39, 0.29) is 5.41 Å². The van der Waals surface area contributed by atoms with Crippen molar-refractivity contribution >= 4 is 5.82 Å². The third kappa shape index (κ3) is 2.05. The summed E-state index contributed by atoms with van der Waals surface area (Å²) in [5.74, 6) is 1.33. The van der Waals surface area contributed by atoms with Crippen LogP contribution in [0.4, 0.5) is 5.82 Å². The fourth-order valence-corrected chi connectivity index (χ4v) is 1.81. The van der Waals surface area contributed by atoms with Crippen molar-refractivity contribution in [3.8, 4) is 11.1 Å². The number of rotatable bonds is 3. The maximum absolute atomic E-state index is 5.92. The Morgan fingerprint density at radius 3 is 2.47 bits per heavy atom. The lowest BCUT2D eigenvalue weighted by Crippen LogP contribution is -2.15. The average molecular weight is 230 g/mol. The first kappa shape index (κ1) is 11.7. The molecule has 0 unspecified atom stereocenters. The molecule has 1 aromatic carbocycles. The fraction of sp³-hybridized carbons (Fsp3) is 0.357. The molecular formula is C14H18N2O. The summed E-state index contributed by atoms with van der Waals surface area (Å²) in [6, 6.07) is 10.0. The minimum atomic E-state index is -0.0597. The summed E-state index contributed by atoms with van der Waals surface area (Å²) in [5.41, 5.74) is 7.85.